The highest BCUT2D eigenvalue weighted by Gasteiger charge is 2.44. The Hall–Kier alpha value is -3.01. The van der Waals surface area contributed by atoms with E-state index >= 15 is 0 Å². The summed E-state index contributed by atoms with van der Waals surface area (Å²) in [7, 11) is 0. The number of benzene rings is 3. The summed E-state index contributed by atoms with van der Waals surface area (Å²) in [5, 5.41) is 0. The van der Waals surface area contributed by atoms with Gasteiger partial charge in [0.1, 0.15) is 29.0 Å². The van der Waals surface area contributed by atoms with Gasteiger partial charge in [-0.05, 0) is 60.4 Å². The largest absolute Gasteiger partial charge is 0.457 e. The van der Waals surface area contributed by atoms with Crippen LogP contribution in [0.3, 0.4) is 0 Å². The smallest absolute Gasteiger partial charge is 0.130 e. The number of halogens is 3. The van der Waals surface area contributed by atoms with Gasteiger partial charge in [0.05, 0.1) is 0 Å². The van der Waals surface area contributed by atoms with Crippen molar-refractivity contribution in [1.82, 2.24) is 0 Å². The Morgan fingerprint density at radius 3 is 2.36 bits per heavy atom. The minimum Gasteiger partial charge on any atom is -0.457 e. The third-order valence-corrected chi connectivity index (χ3v) is 4.94. The van der Waals surface area contributed by atoms with Gasteiger partial charge in [-0.2, -0.15) is 0 Å². The molecule has 0 heterocycles. The Kier molecular flexibility index (Phi) is 4.95. The molecule has 0 spiro atoms. The summed E-state index contributed by atoms with van der Waals surface area (Å²) in [6, 6.07) is 20.1. The Morgan fingerprint density at radius 1 is 0.893 bits per heavy atom. The molecular formula is C24H19F3O. The van der Waals surface area contributed by atoms with Crippen molar-refractivity contribution in [3.05, 3.63) is 107 Å². The van der Waals surface area contributed by atoms with Crippen molar-refractivity contribution in [2.24, 2.45) is 0 Å². The number of hydrogen-bond acceptors (Lipinski definition) is 1. The summed E-state index contributed by atoms with van der Waals surface area (Å²) in [4.78, 5) is 0. The quantitative estimate of drug-likeness (QED) is 0.453. The van der Waals surface area contributed by atoms with Gasteiger partial charge in [0, 0.05) is 17.9 Å². The molecule has 4 rings (SSSR count). The molecule has 0 amide bonds. The second-order valence-corrected chi connectivity index (χ2v) is 7.11. The average molecular weight is 380 g/mol. The molecule has 1 aliphatic rings. The minimum absolute atomic E-state index is 0.0938. The van der Waals surface area contributed by atoms with E-state index in [4.69, 9.17) is 4.74 Å². The van der Waals surface area contributed by atoms with Gasteiger partial charge in [-0.3, -0.25) is 0 Å². The second kappa shape index (κ2) is 7.55. The molecule has 1 saturated carbocycles. The van der Waals surface area contributed by atoms with Crippen molar-refractivity contribution in [3.8, 4) is 11.5 Å². The lowest BCUT2D eigenvalue weighted by Gasteiger charge is -2.13. The van der Waals surface area contributed by atoms with Gasteiger partial charge in [-0.15, -0.1) is 0 Å². The Bertz CT molecular complexity index is 1010. The number of hydrogen-bond donors (Lipinski definition) is 0. The van der Waals surface area contributed by atoms with Gasteiger partial charge in [0.15, 0.2) is 0 Å². The maximum Gasteiger partial charge on any atom is 0.130 e. The molecule has 1 fully saturated rings. The number of allylic oxidation sites excluding steroid dienone is 2. The molecule has 4 heteroatoms. The third-order valence-electron chi connectivity index (χ3n) is 4.94. The first-order valence-corrected chi connectivity index (χ1v) is 9.19. The maximum absolute atomic E-state index is 14.7. The van der Waals surface area contributed by atoms with E-state index in [0.29, 0.717) is 29.9 Å². The van der Waals surface area contributed by atoms with Crippen LogP contribution in [-0.2, 0) is 11.8 Å². The zero-order valence-corrected chi connectivity index (χ0v) is 15.2. The molecule has 1 nitrogen and oxygen atoms in total. The van der Waals surface area contributed by atoms with Gasteiger partial charge in [-0.25, -0.2) is 13.2 Å². The van der Waals surface area contributed by atoms with Crippen LogP contribution in [0.2, 0.25) is 0 Å². The fourth-order valence-electron chi connectivity index (χ4n) is 3.41. The van der Waals surface area contributed by atoms with E-state index in [2.05, 4.69) is 0 Å². The van der Waals surface area contributed by atoms with Crippen LogP contribution in [0, 0.1) is 11.6 Å². The molecule has 0 N–H and O–H groups in total. The van der Waals surface area contributed by atoms with Crippen LogP contribution in [0.4, 0.5) is 13.2 Å². The lowest BCUT2D eigenvalue weighted by Crippen LogP contribution is -2.07. The van der Waals surface area contributed by atoms with Crippen molar-refractivity contribution >= 4 is 0 Å². The Morgan fingerprint density at radius 2 is 1.64 bits per heavy atom. The molecule has 1 aliphatic carbocycles. The maximum atomic E-state index is 14.7. The Labute approximate surface area is 162 Å². The van der Waals surface area contributed by atoms with Crippen LogP contribution in [0.15, 0.2) is 84.7 Å². The fourth-order valence-corrected chi connectivity index (χ4v) is 3.41. The van der Waals surface area contributed by atoms with Crippen LogP contribution in [0.5, 0.6) is 11.5 Å². The predicted molar refractivity (Wildman–Crippen MR) is 103 cm³/mol. The van der Waals surface area contributed by atoms with E-state index in [0.717, 1.165) is 11.6 Å². The average Bonchev–Trinajstić information content (AvgIpc) is 3.42. The molecule has 28 heavy (non-hydrogen) atoms. The molecule has 142 valence electrons. The van der Waals surface area contributed by atoms with Crippen LogP contribution in [-0.4, -0.2) is 0 Å². The van der Waals surface area contributed by atoms with Crippen LogP contribution >= 0.6 is 0 Å². The van der Waals surface area contributed by atoms with Crippen molar-refractivity contribution in [1.29, 1.82) is 0 Å². The zero-order chi connectivity index (χ0) is 19.6. The first-order valence-electron chi connectivity index (χ1n) is 9.19. The lowest BCUT2D eigenvalue weighted by atomic mass is 9.93. The van der Waals surface area contributed by atoms with Gasteiger partial charge in [0.25, 0.3) is 0 Å². The molecule has 0 unspecified atom stereocenters. The zero-order valence-electron chi connectivity index (χ0n) is 15.2. The van der Waals surface area contributed by atoms with Crippen LogP contribution in [0.1, 0.15) is 24.0 Å². The van der Waals surface area contributed by atoms with Crippen molar-refractivity contribution < 1.29 is 17.9 Å². The van der Waals surface area contributed by atoms with Crippen molar-refractivity contribution in [3.63, 3.8) is 0 Å². The molecule has 0 saturated heterocycles. The van der Waals surface area contributed by atoms with E-state index in [1.54, 1.807) is 6.07 Å². The van der Waals surface area contributed by atoms with E-state index in [-0.39, 0.29) is 12.2 Å². The van der Waals surface area contributed by atoms with Crippen molar-refractivity contribution in [2.75, 3.05) is 0 Å². The first kappa shape index (κ1) is 18.4. The summed E-state index contributed by atoms with van der Waals surface area (Å²) in [5.74, 6) is -0.253. The highest BCUT2D eigenvalue weighted by molar-refractivity contribution is 5.40. The fraction of sp³-hybridized carbons (Fsp3) is 0.167. The van der Waals surface area contributed by atoms with Crippen LogP contribution < -0.4 is 4.74 Å². The summed E-state index contributed by atoms with van der Waals surface area (Å²) < 4.78 is 47.8. The number of para-hydroxylation sites is 1. The molecule has 0 aromatic heterocycles. The Balaban J connectivity index is 1.50. The second-order valence-electron chi connectivity index (χ2n) is 7.11. The van der Waals surface area contributed by atoms with E-state index in [1.165, 1.54) is 18.2 Å². The molecule has 3 aromatic rings. The number of ether oxygens (including phenoxy) is 1. The summed E-state index contributed by atoms with van der Waals surface area (Å²) in [6.07, 6.45) is 2.88. The molecule has 0 atom stereocenters. The van der Waals surface area contributed by atoms with E-state index in [1.807, 2.05) is 48.5 Å². The topological polar surface area (TPSA) is 9.23 Å². The van der Waals surface area contributed by atoms with Gasteiger partial charge in [0.2, 0.25) is 0 Å². The highest BCUT2D eigenvalue weighted by Crippen LogP contribution is 2.51. The monoisotopic (exact) mass is 380 g/mol. The molecule has 3 aromatic carbocycles. The van der Waals surface area contributed by atoms with Crippen LogP contribution in [0.25, 0.3) is 0 Å². The van der Waals surface area contributed by atoms with Gasteiger partial charge in [-0.1, -0.05) is 36.4 Å². The SMILES string of the molecule is F/C(=C\C1(c2ccc(F)cc2F)CC1)Cc1cccc(Oc2ccccc2)c1. The highest BCUT2D eigenvalue weighted by atomic mass is 19.1. The molecular weight excluding hydrogens is 361 g/mol. The molecule has 0 bridgehead atoms. The lowest BCUT2D eigenvalue weighted by molar-refractivity contribution is 0.482. The van der Waals surface area contributed by atoms with E-state index < -0.39 is 17.0 Å². The number of rotatable bonds is 6. The summed E-state index contributed by atoms with van der Waals surface area (Å²) >= 11 is 0. The van der Waals surface area contributed by atoms with E-state index in [9.17, 15) is 13.2 Å². The van der Waals surface area contributed by atoms with Gasteiger partial charge >= 0.3 is 0 Å². The summed E-state index contributed by atoms with van der Waals surface area (Å²) in [5.41, 5.74) is 0.447. The standard InChI is InChI=1S/C24H19F3O/c25-18-9-10-22(23(27)15-18)24(11-12-24)16-19(26)13-17-5-4-8-21(14-17)28-20-6-2-1-3-7-20/h1-10,14-16H,11-13H2/b19-16-. The first-order chi connectivity index (χ1) is 13.5. The van der Waals surface area contributed by atoms with Crippen molar-refractivity contribution in [2.45, 2.75) is 24.7 Å². The third kappa shape index (κ3) is 4.11. The molecule has 0 radical (unpaired) electrons. The predicted octanol–water partition coefficient (Wildman–Crippen LogP) is 6.88. The molecule has 0 aliphatic heterocycles. The minimum atomic E-state index is -0.667. The normalized spacial score (nSPS) is 15.3. The van der Waals surface area contributed by atoms with Gasteiger partial charge < -0.3 is 4.74 Å². The summed E-state index contributed by atoms with van der Waals surface area (Å²) in [6.45, 7) is 0.